The third-order valence-electron chi connectivity index (χ3n) is 4.09. The lowest BCUT2D eigenvalue weighted by atomic mass is 9.99. The topological polar surface area (TPSA) is 47.6 Å². The van der Waals surface area contributed by atoms with E-state index in [2.05, 4.69) is 19.2 Å². The standard InChI is InChI=1S/C19H31NO3/c1-5-8-10-15(6-2)14-20-19(21)18(7-3)23-17-12-9-11-16(13-17)22-4/h9,11-13,15,18H,5-8,10,14H2,1-4H3,(H,20,21). The molecule has 0 saturated heterocycles. The summed E-state index contributed by atoms with van der Waals surface area (Å²) in [7, 11) is 1.62. The van der Waals surface area contributed by atoms with Crippen molar-refractivity contribution in [2.24, 2.45) is 5.92 Å². The highest BCUT2D eigenvalue weighted by Gasteiger charge is 2.19. The van der Waals surface area contributed by atoms with Crippen molar-refractivity contribution in [3.05, 3.63) is 24.3 Å². The van der Waals surface area contributed by atoms with Gasteiger partial charge in [0, 0.05) is 12.6 Å². The summed E-state index contributed by atoms with van der Waals surface area (Å²) in [6.07, 6.45) is 4.84. The van der Waals surface area contributed by atoms with Crippen LogP contribution in [-0.4, -0.2) is 25.7 Å². The largest absolute Gasteiger partial charge is 0.497 e. The summed E-state index contributed by atoms with van der Waals surface area (Å²) < 4.78 is 11.0. The highest BCUT2D eigenvalue weighted by atomic mass is 16.5. The predicted molar refractivity (Wildman–Crippen MR) is 94.0 cm³/mol. The van der Waals surface area contributed by atoms with Crippen LogP contribution in [0, 0.1) is 5.92 Å². The van der Waals surface area contributed by atoms with Crippen molar-refractivity contribution in [2.75, 3.05) is 13.7 Å². The van der Waals surface area contributed by atoms with E-state index >= 15 is 0 Å². The van der Waals surface area contributed by atoms with E-state index in [9.17, 15) is 4.79 Å². The Morgan fingerprint density at radius 3 is 2.52 bits per heavy atom. The maximum atomic E-state index is 12.4. The number of methoxy groups -OCH3 is 1. The molecule has 4 heteroatoms. The first-order valence-corrected chi connectivity index (χ1v) is 8.72. The van der Waals surface area contributed by atoms with Gasteiger partial charge in [-0.2, -0.15) is 0 Å². The maximum Gasteiger partial charge on any atom is 0.261 e. The van der Waals surface area contributed by atoms with Gasteiger partial charge in [0.1, 0.15) is 11.5 Å². The molecule has 0 radical (unpaired) electrons. The fourth-order valence-electron chi connectivity index (χ4n) is 2.46. The number of hydrogen-bond acceptors (Lipinski definition) is 3. The number of rotatable bonds is 11. The number of nitrogens with one attached hydrogen (secondary N) is 1. The van der Waals surface area contributed by atoms with Gasteiger partial charge < -0.3 is 14.8 Å². The van der Waals surface area contributed by atoms with Crippen LogP contribution in [0.15, 0.2) is 24.3 Å². The first-order chi connectivity index (χ1) is 11.1. The molecule has 0 aliphatic carbocycles. The molecule has 1 aromatic rings. The van der Waals surface area contributed by atoms with Crippen LogP contribution >= 0.6 is 0 Å². The zero-order chi connectivity index (χ0) is 17.1. The van der Waals surface area contributed by atoms with Crippen LogP contribution in [0.1, 0.15) is 52.9 Å². The summed E-state index contributed by atoms with van der Waals surface area (Å²) in [4.78, 5) is 12.4. The Bertz CT molecular complexity index is 462. The Morgan fingerprint density at radius 2 is 1.91 bits per heavy atom. The summed E-state index contributed by atoms with van der Waals surface area (Å²) in [5.41, 5.74) is 0. The Morgan fingerprint density at radius 1 is 1.17 bits per heavy atom. The van der Waals surface area contributed by atoms with Crippen molar-refractivity contribution in [3.63, 3.8) is 0 Å². The van der Waals surface area contributed by atoms with Gasteiger partial charge in [-0.05, 0) is 30.9 Å². The smallest absolute Gasteiger partial charge is 0.261 e. The zero-order valence-corrected chi connectivity index (χ0v) is 14.9. The third kappa shape index (κ3) is 6.93. The number of hydrogen-bond donors (Lipinski definition) is 1. The van der Waals surface area contributed by atoms with E-state index in [1.54, 1.807) is 13.2 Å². The average molecular weight is 321 g/mol. The SMILES string of the molecule is CCCCC(CC)CNC(=O)C(CC)Oc1cccc(OC)c1. The molecule has 0 aromatic heterocycles. The minimum atomic E-state index is -0.467. The second-order valence-electron chi connectivity index (χ2n) is 5.86. The molecule has 4 nitrogen and oxygen atoms in total. The molecule has 1 aromatic carbocycles. The summed E-state index contributed by atoms with van der Waals surface area (Å²) in [5, 5.41) is 3.05. The summed E-state index contributed by atoms with van der Waals surface area (Å²) >= 11 is 0. The van der Waals surface area contributed by atoms with Crippen molar-refractivity contribution in [3.8, 4) is 11.5 Å². The van der Waals surface area contributed by atoms with E-state index < -0.39 is 6.10 Å². The van der Waals surface area contributed by atoms with Crippen LogP contribution in [-0.2, 0) is 4.79 Å². The number of unbranched alkanes of at least 4 members (excludes halogenated alkanes) is 1. The molecule has 130 valence electrons. The molecule has 0 bridgehead atoms. The highest BCUT2D eigenvalue weighted by molar-refractivity contribution is 5.81. The van der Waals surface area contributed by atoms with E-state index in [-0.39, 0.29) is 5.91 Å². The summed E-state index contributed by atoms with van der Waals surface area (Å²) in [6.45, 7) is 7.06. The van der Waals surface area contributed by atoms with E-state index in [4.69, 9.17) is 9.47 Å². The lowest BCUT2D eigenvalue weighted by molar-refractivity contribution is -0.128. The number of benzene rings is 1. The van der Waals surface area contributed by atoms with Gasteiger partial charge in [0.25, 0.3) is 5.91 Å². The lowest BCUT2D eigenvalue weighted by Gasteiger charge is -2.20. The Labute approximate surface area is 140 Å². The molecule has 0 heterocycles. The first-order valence-electron chi connectivity index (χ1n) is 8.72. The van der Waals surface area contributed by atoms with Gasteiger partial charge in [-0.1, -0.05) is 46.1 Å². The maximum absolute atomic E-state index is 12.4. The van der Waals surface area contributed by atoms with E-state index in [0.29, 0.717) is 18.1 Å². The predicted octanol–water partition coefficient (Wildman–Crippen LogP) is 4.19. The average Bonchev–Trinajstić information content (AvgIpc) is 2.59. The first kappa shape index (κ1) is 19.3. The molecule has 1 N–H and O–H groups in total. The van der Waals surface area contributed by atoms with Crippen LogP contribution in [0.2, 0.25) is 0 Å². The lowest BCUT2D eigenvalue weighted by Crippen LogP contribution is -2.40. The third-order valence-corrected chi connectivity index (χ3v) is 4.09. The van der Waals surface area contributed by atoms with E-state index in [1.165, 1.54) is 19.3 Å². The Balaban J connectivity index is 2.53. The quantitative estimate of drug-likeness (QED) is 0.665. The van der Waals surface area contributed by atoms with Crippen LogP contribution in [0.5, 0.6) is 11.5 Å². The second kappa shape index (κ2) is 10.9. The molecule has 0 aliphatic heterocycles. The molecule has 2 atom stereocenters. The van der Waals surface area contributed by atoms with E-state index in [1.807, 2.05) is 25.1 Å². The normalized spacial score (nSPS) is 13.2. The number of ether oxygens (including phenoxy) is 2. The van der Waals surface area contributed by atoms with Gasteiger partial charge in [-0.15, -0.1) is 0 Å². The van der Waals surface area contributed by atoms with Crippen molar-refractivity contribution < 1.29 is 14.3 Å². The highest BCUT2D eigenvalue weighted by Crippen LogP contribution is 2.20. The summed E-state index contributed by atoms with van der Waals surface area (Å²) in [5.74, 6) is 1.89. The fraction of sp³-hybridized carbons (Fsp3) is 0.632. The van der Waals surface area contributed by atoms with Gasteiger partial charge in [-0.25, -0.2) is 0 Å². The second-order valence-corrected chi connectivity index (χ2v) is 5.86. The van der Waals surface area contributed by atoms with Crippen LogP contribution in [0.25, 0.3) is 0 Å². The van der Waals surface area contributed by atoms with Gasteiger partial charge in [0.2, 0.25) is 0 Å². The number of carbonyl (C=O) groups is 1. The van der Waals surface area contributed by atoms with Gasteiger partial charge in [0.05, 0.1) is 7.11 Å². The molecule has 2 unspecified atom stereocenters. The monoisotopic (exact) mass is 321 g/mol. The molecule has 0 saturated carbocycles. The molecule has 23 heavy (non-hydrogen) atoms. The van der Waals surface area contributed by atoms with Crippen molar-refractivity contribution in [2.45, 2.75) is 59.0 Å². The van der Waals surface area contributed by atoms with Gasteiger partial charge >= 0.3 is 0 Å². The van der Waals surface area contributed by atoms with Gasteiger partial charge in [0.15, 0.2) is 6.10 Å². The Hall–Kier alpha value is -1.71. The van der Waals surface area contributed by atoms with Crippen molar-refractivity contribution in [1.82, 2.24) is 5.32 Å². The van der Waals surface area contributed by atoms with Crippen LogP contribution in [0.4, 0.5) is 0 Å². The zero-order valence-electron chi connectivity index (χ0n) is 14.9. The van der Waals surface area contributed by atoms with Crippen molar-refractivity contribution >= 4 is 5.91 Å². The number of carbonyl (C=O) groups excluding carboxylic acids is 1. The van der Waals surface area contributed by atoms with E-state index in [0.717, 1.165) is 18.7 Å². The molecule has 0 spiro atoms. The minimum absolute atomic E-state index is 0.0368. The fourth-order valence-corrected chi connectivity index (χ4v) is 2.46. The molecule has 1 rings (SSSR count). The van der Waals surface area contributed by atoms with Crippen molar-refractivity contribution in [1.29, 1.82) is 0 Å². The molecule has 0 aliphatic rings. The summed E-state index contributed by atoms with van der Waals surface area (Å²) in [6, 6.07) is 7.35. The van der Waals surface area contributed by atoms with Crippen LogP contribution < -0.4 is 14.8 Å². The van der Waals surface area contributed by atoms with Crippen LogP contribution in [0.3, 0.4) is 0 Å². The molecular formula is C19H31NO3. The number of amides is 1. The molecular weight excluding hydrogens is 290 g/mol. The molecule has 1 amide bonds. The minimum Gasteiger partial charge on any atom is -0.497 e. The molecule has 0 fully saturated rings. The van der Waals surface area contributed by atoms with Gasteiger partial charge in [-0.3, -0.25) is 4.79 Å². The Kier molecular flexibility index (Phi) is 9.18.